The third-order valence-corrected chi connectivity index (χ3v) is 2.56. The minimum absolute atomic E-state index is 0.105. The van der Waals surface area contributed by atoms with E-state index in [2.05, 4.69) is 10.1 Å². The van der Waals surface area contributed by atoms with Crippen molar-refractivity contribution in [2.75, 3.05) is 12.4 Å². The molecule has 0 fully saturated rings. The van der Waals surface area contributed by atoms with Crippen LogP contribution in [0.2, 0.25) is 0 Å². The Labute approximate surface area is 91.3 Å². The van der Waals surface area contributed by atoms with Gasteiger partial charge in [-0.2, -0.15) is 4.98 Å². The summed E-state index contributed by atoms with van der Waals surface area (Å²) in [5.41, 5.74) is 0.928. The first-order valence-corrected chi connectivity index (χ1v) is 5.51. The van der Waals surface area contributed by atoms with Crippen LogP contribution in [0.1, 0.15) is 0 Å². The lowest BCUT2D eigenvalue weighted by molar-refractivity contribution is 0.318. The molecule has 5 heteroatoms. The van der Waals surface area contributed by atoms with Gasteiger partial charge in [0.1, 0.15) is 0 Å². The molecule has 1 N–H and O–H groups in total. The maximum absolute atomic E-state index is 8.64. The topological polar surface area (TPSA) is 59.2 Å². The summed E-state index contributed by atoms with van der Waals surface area (Å²) in [7, 11) is 0. The number of thioether (sulfide) groups is 1. The van der Waals surface area contributed by atoms with E-state index in [4.69, 9.17) is 9.63 Å². The molecule has 4 nitrogen and oxygen atoms in total. The lowest BCUT2D eigenvalue weighted by Gasteiger charge is -1.90. The molecule has 15 heavy (non-hydrogen) atoms. The van der Waals surface area contributed by atoms with Crippen molar-refractivity contribution >= 4 is 11.8 Å². The highest BCUT2D eigenvalue weighted by atomic mass is 32.2. The van der Waals surface area contributed by atoms with Gasteiger partial charge >= 0.3 is 0 Å². The van der Waals surface area contributed by atoms with Gasteiger partial charge in [0.15, 0.2) is 0 Å². The molecule has 1 aromatic heterocycles. The second-order valence-electron chi connectivity index (χ2n) is 2.82. The molecular formula is C10H10N2O2S. The van der Waals surface area contributed by atoms with Crippen molar-refractivity contribution in [1.29, 1.82) is 0 Å². The Morgan fingerprint density at radius 2 is 2.07 bits per heavy atom. The Kier molecular flexibility index (Phi) is 3.37. The minimum atomic E-state index is 0.105. The summed E-state index contributed by atoms with van der Waals surface area (Å²) in [4.78, 5) is 4.19. The number of aliphatic hydroxyl groups excluding tert-OH is 1. The van der Waals surface area contributed by atoms with Gasteiger partial charge in [0.2, 0.25) is 5.82 Å². The van der Waals surface area contributed by atoms with E-state index in [1.165, 1.54) is 11.8 Å². The Morgan fingerprint density at radius 1 is 1.27 bits per heavy atom. The molecule has 2 rings (SSSR count). The number of aromatic nitrogens is 2. The van der Waals surface area contributed by atoms with Crippen LogP contribution in [-0.2, 0) is 0 Å². The molecule has 1 aromatic carbocycles. The van der Waals surface area contributed by atoms with Crippen molar-refractivity contribution < 1.29 is 9.63 Å². The normalized spacial score (nSPS) is 10.5. The lowest BCUT2D eigenvalue weighted by atomic mass is 10.2. The van der Waals surface area contributed by atoms with Gasteiger partial charge in [0.05, 0.1) is 6.61 Å². The summed E-state index contributed by atoms with van der Waals surface area (Å²) in [6.45, 7) is 0.105. The monoisotopic (exact) mass is 222 g/mol. The zero-order valence-corrected chi connectivity index (χ0v) is 8.78. The second-order valence-corrected chi connectivity index (χ2v) is 3.87. The summed E-state index contributed by atoms with van der Waals surface area (Å²) < 4.78 is 5.01. The van der Waals surface area contributed by atoms with E-state index in [0.29, 0.717) is 16.8 Å². The average molecular weight is 222 g/mol. The summed E-state index contributed by atoms with van der Waals surface area (Å²) in [6.07, 6.45) is 0. The fourth-order valence-electron chi connectivity index (χ4n) is 1.11. The summed E-state index contributed by atoms with van der Waals surface area (Å²) >= 11 is 1.35. The molecule has 0 aliphatic heterocycles. The van der Waals surface area contributed by atoms with Crippen LogP contribution in [0.5, 0.6) is 0 Å². The molecule has 1 heterocycles. The Bertz CT molecular complexity index is 416. The molecule has 2 aromatic rings. The quantitative estimate of drug-likeness (QED) is 0.799. The molecular weight excluding hydrogens is 212 g/mol. The number of nitrogens with zero attached hydrogens (tertiary/aromatic N) is 2. The largest absolute Gasteiger partial charge is 0.396 e. The van der Waals surface area contributed by atoms with Crippen molar-refractivity contribution in [3.63, 3.8) is 0 Å². The zero-order valence-electron chi connectivity index (χ0n) is 7.96. The third kappa shape index (κ3) is 2.57. The maximum Gasteiger partial charge on any atom is 0.286 e. The molecule has 0 unspecified atom stereocenters. The summed E-state index contributed by atoms with van der Waals surface area (Å²) in [5.74, 6) is 1.15. The van der Waals surface area contributed by atoms with E-state index in [1.807, 2.05) is 30.3 Å². The Morgan fingerprint density at radius 3 is 2.80 bits per heavy atom. The first-order valence-electron chi connectivity index (χ1n) is 4.53. The van der Waals surface area contributed by atoms with Gasteiger partial charge in [-0.1, -0.05) is 47.3 Å². The van der Waals surface area contributed by atoms with Crippen LogP contribution in [-0.4, -0.2) is 27.6 Å². The van der Waals surface area contributed by atoms with Crippen molar-refractivity contribution in [2.24, 2.45) is 0 Å². The molecule has 78 valence electrons. The van der Waals surface area contributed by atoms with Gasteiger partial charge in [-0.15, -0.1) is 0 Å². The van der Waals surface area contributed by atoms with E-state index in [-0.39, 0.29) is 6.61 Å². The molecule has 0 atom stereocenters. The SMILES string of the molecule is OCCSc1nc(-c2ccccc2)no1. The maximum atomic E-state index is 8.64. The number of hydrogen-bond donors (Lipinski definition) is 1. The van der Waals surface area contributed by atoms with Crippen LogP contribution >= 0.6 is 11.8 Å². The zero-order chi connectivity index (χ0) is 10.5. The molecule has 0 aliphatic rings. The van der Waals surface area contributed by atoms with Gasteiger partial charge in [-0.25, -0.2) is 0 Å². The fraction of sp³-hybridized carbons (Fsp3) is 0.200. The molecule has 0 amide bonds. The molecule has 0 bridgehead atoms. The Hall–Kier alpha value is -1.33. The predicted octanol–water partition coefficient (Wildman–Crippen LogP) is 1.82. The highest BCUT2D eigenvalue weighted by Gasteiger charge is 2.07. The highest BCUT2D eigenvalue weighted by molar-refractivity contribution is 7.99. The van der Waals surface area contributed by atoms with Crippen molar-refractivity contribution in [3.8, 4) is 11.4 Å². The summed E-state index contributed by atoms with van der Waals surface area (Å²) in [5, 5.41) is 13.0. The van der Waals surface area contributed by atoms with Gasteiger partial charge in [-0.3, -0.25) is 0 Å². The van der Waals surface area contributed by atoms with Crippen LogP contribution < -0.4 is 0 Å². The van der Waals surface area contributed by atoms with Gasteiger partial charge in [0, 0.05) is 11.3 Å². The number of aliphatic hydroxyl groups is 1. The van der Waals surface area contributed by atoms with Gasteiger partial charge in [0.25, 0.3) is 5.22 Å². The molecule has 0 aliphatic carbocycles. The fourth-order valence-corrected chi connectivity index (χ4v) is 1.61. The van der Waals surface area contributed by atoms with E-state index in [1.54, 1.807) is 0 Å². The first-order chi connectivity index (χ1) is 7.40. The van der Waals surface area contributed by atoms with Gasteiger partial charge < -0.3 is 9.63 Å². The van der Waals surface area contributed by atoms with Gasteiger partial charge in [-0.05, 0) is 0 Å². The van der Waals surface area contributed by atoms with Crippen molar-refractivity contribution in [1.82, 2.24) is 10.1 Å². The van der Waals surface area contributed by atoms with Crippen LogP contribution in [0.25, 0.3) is 11.4 Å². The van der Waals surface area contributed by atoms with Crippen LogP contribution in [0, 0.1) is 0 Å². The van der Waals surface area contributed by atoms with Crippen LogP contribution in [0.3, 0.4) is 0 Å². The summed E-state index contributed by atoms with van der Waals surface area (Å²) in [6, 6.07) is 9.63. The first kappa shape index (κ1) is 10.2. The van der Waals surface area contributed by atoms with E-state index in [0.717, 1.165) is 5.56 Å². The average Bonchev–Trinajstić information content (AvgIpc) is 2.76. The van der Waals surface area contributed by atoms with E-state index >= 15 is 0 Å². The number of benzene rings is 1. The molecule has 0 saturated heterocycles. The van der Waals surface area contributed by atoms with E-state index < -0.39 is 0 Å². The van der Waals surface area contributed by atoms with Crippen LogP contribution in [0.4, 0.5) is 0 Å². The van der Waals surface area contributed by atoms with Crippen LogP contribution in [0.15, 0.2) is 40.1 Å². The molecule has 0 radical (unpaired) electrons. The highest BCUT2D eigenvalue weighted by Crippen LogP contribution is 2.20. The number of hydrogen-bond acceptors (Lipinski definition) is 5. The lowest BCUT2D eigenvalue weighted by Crippen LogP contribution is -1.85. The predicted molar refractivity (Wildman–Crippen MR) is 57.5 cm³/mol. The molecule has 0 saturated carbocycles. The molecule has 0 spiro atoms. The van der Waals surface area contributed by atoms with E-state index in [9.17, 15) is 0 Å². The third-order valence-electron chi connectivity index (χ3n) is 1.76. The second kappa shape index (κ2) is 4.95. The van der Waals surface area contributed by atoms with Crippen molar-refractivity contribution in [2.45, 2.75) is 5.22 Å². The minimum Gasteiger partial charge on any atom is -0.396 e. The van der Waals surface area contributed by atoms with Crippen molar-refractivity contribution in [3.05, 3.63) is 30.3 Å². The Balaban J connectivity index is 2.14. The number of rotatable bonds is 4. The standard InChI is InChI=1S/C10H10N2O2S/c13-6-7-15-10-11-9(12-14-10)8-4-2-1-3-5-8/h1-5,13H,6-7H2. The smallest absolute Gasteiger partial charge is 0.286 e.